The number of carbonyl (C=O) groups is 1. The second-order valence-corrected chi connectivity index (χ2v) is 6.36. The van der Waals surface area contributed by atoms with Crippen LogP contribution in [0.15, 0.2) is 23.9 Å². The monoisotopic (exact) mass is 316 g/mol. The SMILES string of the molecule is CC1=C(CCNC(=O)C2CCCCC2)NOc2ccc(O)cc21. The van der Waals surface area contributed by atoms with Crippen molar-refractivity contribution in [3.05, 3.63) is 29.5 Å². The molecule has 1 aliphatic heterocycles. The van der Waals surface area contributed by atoms with E-state index >= 15 is 0 Å². The quantitative estimate of drug-likeness (QED) is 0.798. The van der Waals surface area contributed by atoms with Crippen molar-refractivity contribution in [3.63, 3.8) is 0 Å². The zero-order valence-electron chi connectivity index (χ0n) is 13.5. The standard InChI is InChI=1S/C18H24N2O3/c1-12-15-11-14(21)7-8-17(15)23-20-16(12)9-10-19-18(22)13-5-3-2-4-6-13/h7-8,11,13,20-21H,2-6,9-10H2,1H3,(H,19,22). The number of amides is 1. The summed E-state index contributed by atoms with van der Waals surface area (Å²) in [7, 11) is 0. The summed E-state index contributed by atoms with van der Waals surface area (Å²) < 4.78 is 0. The third-order valence-corrected chi connectivity index (χ3v) is 4.75. The minimum absolute atomic E-state index is 0.178. The minimum Gasteiger partial charge on any atom is -0.508 e. The van der Waals surface area contributed by atoms with E-state index < -0.39 is 0 Å². The van der Waals surface area contributed by atoms with Gasteiger partial charge in [0, 0.05) is 24.4 Å². The molecule has 0 atom stereocenters. The van der Waals surface area contributed by atoms with Gasteiger partial charge in [-0.2, -0.15) is 0 Å². The van der Waals surface area contributed by atoms with Gasteiger partial charge in [-0.15, -0.1) is 0 Å². The fraction of sp³-hybridized carbons (Fsp3) is 0.500. The molecule has 0 aromatic heterocycles. The summed E-state index contributed by atoms with van der Waals surface area (Å²) in [6.07, 6.45) is 6.29. The summed E-state index contributed by atoms with van der Waals surface area (Å²) >= 11 is 0. The van der Waals surface area contributed by atoms with Crippen LogP contribution in [0.5, 0.6) is 11.5 Å². The van der Waals surface area contributed by atoms with Gasteiger partial charge in [-0.3, -0.25) is 4.79 Å². The molecule has 1 fully saturated rings. The van der Waals surface area contributed by atoms with Crippen molar-refractivity contribution in [1.29, 1.82) is 0 Å². The van der Waals surface area contributed by atoms with E-state index in [1.54, 1.807) is 18.2 Å². The second-order valence-electron chi connectivity index (χ2n) is 6.36. The maximum Gasteiger partial charge on any atom is 0.223 e. The largest absolute Gasteiger partial charge is 0.508 e. The van der Waals surface area contributed by atoms with Crippen LogP contribution in [-0.4, -0.2) is 17.6 Å². The molecule has 3 rings (SSSR count). The Kier molecular flexibility index (Phi) is 4.74. The Morgan fingerprint density at radius 1 is 1.35 bits per heavy atom. The number of nitrogens with one attached hydrogen (secondary N) is 2. The summed E-state index contributed by atoms with van der Waals surface area (Å²) in [5, 5.41) is 12.7. The van der Waals surface area contributed by atoms with Gasteiger partial charge in [0.1, 0.15) is 5.75 Å². The molecule has 0 saturated heterocycles. The molecule has 3 N–H and O–H groups in total. The molecule has 1 aromatic carbocycles. The number of benzene rings is 1. The van der Waals surface area contributed by atoms with E-state index in [4.69, 9.17) is 4.84 Å². The van der Waals surface area contributed by atoms with E-state index in [2.05, 4.69) is 10.8 Å². The van der Waals surface area contributed by atoms with E-state index in [-0.39, 0.29) is 17.6 Å². The second kappa shape index (κ2) is 6.94. The molecule has 1 aromatic rings. The molecule has 0 bridgehead atoms. The predicted octanol–water partition coefficient (Wildman–Crippen LogP) is 3.11. The van der Waals surface area contributed by atoms with Gasteiger partial charge in [-0.1, -0.05) is 19.3 Å². The Morgan fingerprint density at radius 3 is 2.91 bits per heavy atom. The highest BCUT2D eigenvalue weighted by Gasteiger charge is 2.21. The van der Waals surface area contributed by atoms with Crippen LogP contribution in [0, 0.1) is 5.92 Å². The van der Waals surface area contributed by atoms with Crippen molar-refractivity contribution in [2.45, 2.75) is 45.4 Å². The van der Waals surface area contributed by atoms with E-state index in [1.165, 1.54) is 6.42 Å². The lowest BCUT2D eigenvalue weighted by Crippen LogP contribution is -2.34. The van der Waals surface area contributed by atoms with Gasteiger partial charge in [0.2, 0.25) is 5.91 Å². The molecule has 1 aliphatic carbocycles. The van der Waals surface area contributed by atoms with Crippen LogP contribution in [0.4, 0.5) is 0 Å². The maximum absolute atomic E-state index is 12.2. The molecule has 0 radical (unpaired) electrons. The summed E-state index contributed by atoms with van der Waals surface area (Å²) in [5.74, 6) is 1.29. The fourth-order valence-corrected chi connectivity index (χ4v) is 3.31. The number of rotatable bonds is 4. The number of phenolic OH excluding ortho intramolecular Hbond substituents is 1. The maximum atomic E-state index is 12.2. The van der Waals surface area contributed by atoms with Crippen molar-refractivity contribution in [3.8, 4) is 11.5 Å². The molecule has 0 spiro atoms. The lowest BCUT2D eigenvalue weighted by atomic mass is 9.88. The lowest BCUT2D eigenvalue weighted by Gasteiger charge is -2.24. The van der Waals surface area contributed by atoms with Crippen LogP contribution < -0.4 is 15.6 Å². The lowest BCUT2D eigenvalue weighted by molar-refractivity contribution is -0.125. The summed E-state index contributed by atoms with van der Waals surface area (Å²) in [6.45, 7) is 2.58. The predicted molar refractivity (Wildman–Crippen MR) is 88.7 cm³/mol. The van der Waals surface area contributed by atoms with Crippen LogP contribution in [-0.2, 0) is 4.79 Å². The molecule has 0 unspecified atom stereocenters. The van der Waals surface area contributed by atoms with E-state index in [0.29, 0.717) is 18.7 Å². The van der Waals surface area contributed by atoms with E-state index in [0.717, 1.165) is 42.5 Å². The zero-order valence-corrected chi connectivity index (χ0v) is 13.5. The number of allylic oxidation sites excluding steroid dienone is 1. The number of hydrogen-bond donors (Lipinski definition) is 3. The summed E-state index contributed by atoms with van der Waals surface area (Å²) in [6, 6.07) is 5.04. The smallest absolute Gasteiger partial charge is 0.223 e. The zero-order chi connectivity index (χ0) is 16.2. The number of hydrogen-bond acceptors (Lipinski definition) is 4. The molecular formula is C18H24N2O3. The van der Waals surface area contributed by atoms with Crippen LogP contribution in [0.2, 0.25) is 0 Å². The van der Waals surface area contributed by atoms with Gasteiger partial charge < -0.3 is 15.3 Å². The number of carbonyl (C=O) groups excluding carboxylic acids is 1. The topological polar surface area (TPSA) is 70.6 Å². The highest BCUT2D eigenvalue weighted by atomic mass is 16.6. The van der Waals surface area contributed by atoms with E-state index in [1.807, 2.05) is 6.92 Å². The Hall–Kier alpha value is -2.17. The Labute approximate surface area is 136 Å². The molecule has 2 aliphatic rings. The fourth-order valence-electron chi connectivity index (χ4n) is 3.31. The molecule has 124 valence electrons. The number of phenols is 1. The van der Waals surface area contributed by atoms with Crippen molar-refractivity contribution in [2.75, 3.05) is 6.54 Å². The molecule has 5 heteroatoms. The molecule has 1 amide bonds. The van der Waals surface area contributed by atoms with Gasteiger partial charge in [-0.05, 0) is 43.5 Å². The first-order chi connectivity index (χ1) is 11.1. The number of hydroxylamine groups is 1. The normalized spacial score (nSPS) is 18.0. The highest BCUT2D eigenvalue weighted by molar-refractivity contribution is 5.79. The average Bonchev–Trinajstić information content (AvgIpc) is 2.58. The number of fused-ring (bicyclic) bond motifs is 1. The van der Waals surface area contributed by atoms with Crippen LogP contribution in [0.1, 0.15) is 51.0 Å². The number of aromatic hydroxyl groups is 1. The first-order valence-electron chi connectivity index (χ1n) is 8.39. The first-order valence-corrected chi connectivity index (χ1v) is 8.39. The Morgan fingerprint density at radius 2 is 2.13 bits per heavy atom. The van der Waals surface area contributed by atoms with Gasteiger partial charge in [0.25, 0.3) is 0 Å². The van der Waals surface area contributed by atoms with Gasteiger partial charge >= 0.3 is 0 Å². The Bertz CT molecular complexity index is 619. The third kappa shape index (κ3) is 3.60. The van der Waals surface area contributed by atoms with Crippen LogP contribution in [0.25, 0.3) is 5.57 Å². The summed E-state index contributed by atoms with van der Waals surface area (Å²) in [5.41, 5.74) is 5.80. The molecule has 23 heavy (non-hydrogen) atoms. The minimum atomic E-state index is 0.178. The van der Waals surface area contributed by atoms with Gasteiger partial charge in [0.15, 0.2) is 5.75 Å². The van der Waals surface area contributed by atoms with Gasteiger partial charge in [-0.25, -0.2) is 5.48 Å². The highest BCUT2D eigenvalue weighted by Crippen LogP contribution is 2.34. The summed E-state index contributed by atoms with van der Waals surface area (Å²) in [4.78, 5) is 17.7. The van der Waals surface area contributed by atoms with E-state index in [9.17, 15) is 9.90 Å². The average molecular weight is 316 g/mol. The molecule has 5 nitrogen and oxygen atoms in total. The Balaban J connectivity index is 1.57. The first kappa shape index (κ1) is 15.7. The van der Waals surface area contributed by atoms with Crippen LogP contribution >= 0.6 is 0 Å². The van der Waals surface area contributed by atoms with Gasteiger partial charge in [0.05, 0.1) is 5.70 Å². The van der Waals surface area contributed by atoms with Crippen molar-refractivity contribution in [2.24, 2.45) is 5.92 Å². The van der Waals surface area contributed by atoms with Crippen molar-refractivity contribution >= 4 is 11.5 Å². The molecular weight excluding hydrogens is 292 g/mol. The van der Waals surface area contributed by atoms with Crippen molar-refractivity contribution < 1.29 is 14.7 Å². The van der Waals surface area contributed by atoms with Crippen LogP contribution in [0.3, 0.4) is 0 Å². The van der Waals surface area contributed by atoms with Crippen molar-refractivity contribution in [1.82, 2.24) is 10.8 Å². The third-order valence-electron chi connectivity index (χ3n) is 4.75. The molecule has 1 heterocycles. The molecule has 1 saturated carbocycles.